The van der Waals surface area contributed by atoms with Crippen molar-refractivity contribution in [2.24, 2.45) is 0 Å². The molecule has 1 heterocycles. The summed E-state index contributed by atoms with van der Waals surface area (Å²) in [6.07, 6.45) is 1.61. The van der Waals surface area contributed by atoms with Gasteiger partial charge in [-0.05, 0) is 23.6 Å². The zero-order chi connectivity index (χ0) is 6.85. The van der Waals surface area contributed by atoms with E-state index in [1.165, 1.54) is 0 Å². The lowest BCUT2D eigenvalue weighted by Gasteiger charge is -1.97. The van der Waals surface area contributed by atoms with Gasteiger partial charge in [-0.1, -0.05) is 13.8 Å². The van der Waals surface area contributed by atoms with E-state index in [-0.39, 0.29) is 0 Å². The molecule has 0 aliphatic carbocycles. The topological polar surface area (TPSA) is 13.1 Å². The molecule has 0 saturated heterocycles. The third-order valence-electron chi connectivity index (χ3n) is 1.27. The molecule has 1 rings (SSSR count). The summed E-state index contributed by atoms with van der Waals surface area (Å²) in [6.45, 7) is 4.16. The summed E-state index contributed by atoms with van der Waals surface area (Å²) in [6, 6.07) is 1.90. The fourth-order valence-corrected chi connectivity index (χ4v) is 1.05. The van der Waals surface area contributed by atoms with Gasteiger partial charge >= 0.3 is 0 Å². The van der Waals surface area contributed by atoms with Crippen LogP contribution in [0.1, 0.15) is 25.3 Å². The zero-order valence-electron chi connectivity index (χ0n) is 5.52. The van der Waals surface area contributed by atoms with E-state index >= 15 is 0 Å². The maximum atomic E-state index is 5.67. The first-order valence-electron chi connectivity index (χ1n) is 2.94. The van der Waals surface area contributed by atoms with E-state index in [1.807, 2.05) is 6.07 Å². The summed E-state index contributed by atoms with van der Waals surface area (Å²) in [5.41, 5.74) is 1.08. The normalized spacial score (nSPS) is 10.7. The molecular formula is C7H9ClO. The molecular weight excluding hydrogens is 136 g/mol. The van der Waals surface area contributed by atoms with E-state index in [1.54, 1.807) is 6.26 Å². The van der Waals surface area contributed by atoms with Crippen molar-refractivity contribution in [3.63, 3.8) is 0 Å². The van der Waals surface area contributed by atoms with Gasteiger partial charge < -0.3 is 4.42 Å². The van der Waals surface area contributed by atoms with Crippen molar-refractivity contribution in [3.8, 4) is 0 Å². The third-order valence-corrected chi connectivity index (χ3v) is 1.58. The number of halogens is 1. The first-order chi connectivity index (χ1) is 4.22. The van der Waals surface area contributed by atoms with Crippen LogP contribution in [0.15, 0.2) is 16.7 Å². The van der Waals surface area contributed by atoms with Gasteiger partial charge in [0.2, 0.25) is 0 Å². The van der Waals surface area contributed by atoms with Crippen LogP contribution in [-0.4, -0.2) is 0 Å². The average molecular weight is 145 g/mol. The molecule has 0 atom stereocenters. The minimum absolute atomic E-state index is 0.455. The molecule has 50 valence electrons. The maximum absolute atomic E-state index is 5.67. The summed E-state index contributed by atoms with van der Waals surface area (Å²) in [4.78, 5) is 0. The van der Waals surface area contributed by atoms with E-state index in [0.717, 1.165) is 5.56 Å². The lowest BCUT2D eigenvalue weighted by Crippen LogP contribution is -1.81. The zero-order valence-corrected chi connectivity index (χ0v) is 6.27. The maximum Gasteiger partial charge on any atom is 0.196 e. The Labute approximate surface area is 59.6 Å². The van der Waals surface area contributed by atoms with Gasteiger partial charge in [0.05, 0.1) is 6.26 Å². The lowest BCUT2D eigenvalue weighted by molar-refractivity contribution is 0.564. The fraction of sp³-hybridized carbons (Fsp3) is 0.429. The van der Waals surface area contributed by atoms with Gasteiger partial charge in [-0.15, -0.1) is 0 Å². The van der Waals surface area contributed by atoms with Gasteiger partial charge in [-0.2, -0.15) is 0 Å². The van der Waals surface area contributed by atoms with E-state index in [4.69, 9.17) is 16.0 Å². The second-order valence-corrected chi connectivity index (χ2v) is 2.65. The van der Waals surface area contributed by atoms with Crippen LogP contribution in [0.5, 0.6) is 0 Å². The van der Waals surface area contributed by atoms with Gasteiger partial charge in [0.25, 0.3) is 0 Å². The Morgan fingerprint density at radius 2 is 2.22 bits per heavy atom. The van der Waals surface area contributed by atoms with Gasteiger partial charge in [0.15, 0.2) is 5.22 Å². The molecule has 9 heavy (non-hydrogen) atoms. The van der Waals surface area contributed by atoms with E-state index in [2.05, 4.69) is 13.8 Å². The summed E-state index contributed by atoms with van der Waals surface area (Å²) in [5.74, 6) is 0.455. The molecule has 0 N–H and O–H groups in total. The Morgan fingerprint density at radius 3 is 2.44 bits per heavy atom. The van der Waals surface area contributed by atoms with E-state index in [0.29, 0.717) is 11.1 Å². The van der Waals surface area contributed by atoms with Gasteiger partial charge in [0.1, 0.15) is 0 Å². The van der Waals surface area contributed by atoms with Crippen LogP contribution in [0.25, 0.3) is 0 Å². The smallest absolute Gasteiger partial charge is 0.196 e. The molecule has 1 aromatic heterocycles. The minimum Gasteiger partial charge on any atom is -0.453 e. The van der Waals surface area contributed by atoms with Crippen LogP contribution >= 0.6 is 11.6 Å². The molecule has 0 bridgehead atoms. The largest absolute Gasteiger partial charge is 0.453 e. The van der Waals surface area contributed by atoms with Crippen molar-refractivity contribution < 1.29 is 4.42 Å². The molecule has 0 spiro atoms. The van der Waals surface area contributed by atoms with Crippen molar-refractivity contribution >= 4 is 11.6 Å². The molecule has 1 aromatic rings. The minimum atomic E-state index is 0.455. The van der Waals surface area contributed by atoms with Crippen molar-refractivity contribution in [1.82, 2.24) is 0 Å². The van der Waals surface area contributed by atoms with Gasteiger partial charge in [0, 0.05) is 5.56 Å². The third kappa shape index (κ3) is 1.28. The summed E-state index contributed by atoms with van der Waals surface area (Å²) >= 11 is 5.67. The summed E-state index contributed by atoms with van der Waals surface area (Å²) < 4.78 is 4.89. The van der Waals surface area contributed by atoms with Crippen LogP contribution in [0, 0.1) is 0 Å². The highest BCUT2D eigenvalue weighted by atomic mass is 35.5. The van der Waals surface area contributed by atoms with Crippen LogP contribution in [0.2, 0.25) is 5.22 Å². The summed E-state index contributed by atoms with van der Waals surface area (Å²) in [7, 11) is 0. The molecule has 0 saturated carbocycles. The Bertz CT molecular complexity index is 191. The Hall–Kier alpha value is -0.430. The average Bonchev–Trinajstić information content (AvgIpc) is 2.13. The first-order valence-corrected chi connectivity index (χ1v) is 3.32. The lowest BCUT2D eigenvalue weighted by atomic mass is 10.1. The number of furan rings is 1. The van der Waals surface area contributed by atoms with Crippen LogP contribution in [-0.2, 0) is 0 Å². The Balaban J connectivity index is 2.94. The van der Waals surface area contributed by atoms with Gasteiger partial charge in [-0.25, -0.2) is 0 Å². The summed E-state index contributed by atoms with van der Waals surface area (Å²) in [5, 5.41) is 0.519. The fourth-order valence-electron chi connectivity index (χ4n) is 0.720. The van der Waals surface area contributed by atoms with Crippen LogP contribution in [0.3, 0.4) is 0 Å². The molecule has 0 aromatic carbocycles. The van der Waals surface area contributed by atoms with Crippen LogP contribution in [0.4, 0.5) is 0 Å². The second kappa shape index (κ2) is 2.44. The second-order valence-electron chi connectivity index (χ2n) is 2.30. The number of rotatable bonds is 1. The molecule has 2 heteroatoms. The predicted octanol–water partition coefficient (Wildman–Crippen LogP) is 3.06. The quantitative estimate of drug-likeness (QED) is 0.591. The van der Waals surface area contributed by atoms with Crippen molar-refractivity contribution in [2.75, 3.05) is 0 Å². The highest BCUT2D eigenvalue weighted by Gasteiger charge is 2.05. The SMILES string of the molecule is CC(C)c1ccoc1Cl. The monoisotopic (exact) mass is 144 g/mol. The van der Waals surface area contributed by atoms with Gasteiger partial charge in [-0.3, -0.25) is 0 Å². The van der Waals surface area contributed by atoms with Crippen molar-refractivity contribution in [2.45, 2.75) is 19.8 Å². The van der Waals surface area contributed by atoms with E-state index < -0.39 is 0 Å². The first kappa shape index (κ1) is 6.69. The molecule has 0 amide bonds. The highest BCUT2D eigenvalue weighted by molar-refractivity contribution is 6.29. The Morgan fingerprint density at radius 1 is 1.56 bits per heavy atom. The predicted molar refractivity (Wildman–Crippen MR) is 37.8 cm³/mol. The van der Waals surface area contributed by atoms with Crippen molar-refractivity contribution in [1.29, 1.82) is 0 Å². The van der Waals surface area contributed by atoms with Crippen molar-refractivity contribution in [3.05, 3.63) is 23.1 Å². The molecule has 0 fully saturated rings. The van der Waals surface area contributed by atoms with Crippen LogP contribution < -0.4 is 0 Å². The molecule has 0 aliphatic heterocycles. The molecule has 1 nitrogen and oxygen atoms in total. The molecule has 0 aliphatic rings. The number of hydrogen-bond acceptors (Lipinski definition) is 1. The molecule has 0 radical (unpaired) electrons. The highest BCUT2D eigenvalue weighted by Crippen LogP contribution is 2.24. The Kier molecular flexibility index (Phi) is 1.81. The number of hydrogen-bond donors (Lipinski definition) is 0. The standard InChI is InChI=1S/C7H9ClO/c1-5(2)6-3-4-9-7(6)8/h3-5H,1-2H3. The molecule has 0 unspecified atom stereocenters. The van der Waals surface area contributed by atoms with E-state index in [9.17, 15) is 0 Å².